The quantitative estimate of drug-likeness (QED) is 0.467. The van der Waals surface area contributed by atoms with E-state index in [2.05, 4.69) is 0 Å². The second kappa shape index (κ2) is 6.01. The third-order valence-electron chi connectivity index (χ3n) is 3.70. The first-order valence-electron chi connectivity index (χ1n) is 6.85. The molecule has 0 bridgehead atoms. The maximum atomic E-state index is 12.5. The van der Waals surface area contributed by atoms with Crippen molar-refractivity contribution in [3.8, 4) is 0 Å². The predicted molar refractivity (Wildman–Crippen MR) is 76.9 cm³/mol. The summed E-state index contributed by atoms with van der Waals surface area (Å²) in [6.45, 7) is 5.11. The fourth-order valence-electron chi connectivity index (χ4n) is 2.63. The maximum Gasteiger partial charge on any atom is 0.293 e. The van der Waals surface area contributed by atoms with Crippen LogP contribution < -0.4 is 4.90 Å². The van der Waals surface area contributed by atoms with E-state index in [-0.39, 0.29) is 17.8 Å². The molecular weight excluding hydrogens is 274 g/mol. The van der Waals surface area contributed by atoms with Crippen molar-refractivity contribution in [3.63, 3.8) is 0 Å². The Morgan fingerprint density at radius 3 is 2.48 bits per heavy atom. The molecule has 1 atom stereocenters. The van der Waals surface area contributed by atoms with Crippen LogP contribution in [-0.2, 0) is 9.59 Å². The van der Waals surface area contributed by atoms with Crippen molar-refractivity contribution in [2.45, 2.75) is 26.3 Å². The van der Waals surface area contributed by atoms with Crippen molar-refractivity contribution in [3.05, 3.63) is 34.4 Å². The lowest BCUT2D eigenvalue weighted by atomic mass is 10.2. The van der Waals surface area contributed by atoms with Gasteiger partial charge in [0.2, 0.25) is 5.91 Å². The van der Waals surface area contributed by atoms with Gasteiger partial charge in [-0.05, 0) is 19.2 Å². The van der Waals surface area contributed by atoms with E-state index >= 15 is 0 Å². The molecule has 0 unspecified atom stereocenters. The molecule has 0 radical (unpaired) electrons. The molecule has 112 valence electrons. The number of nitrogens with zero attached hydrogens (tertiary/aromatic N) is 3. The molecule has 1 fully saturated rings. The number of anilines is 1. The lowest BCUT2D eigenvalue weighted by molar-refractivity contribution is -0.384. The minimum absolute atomic E-state index is 0.0483. The zero-order valence-electron chi connectivity index (χ0n) is 12.0. The third kappa shape index (κ3) is 2.64. The summed E-state index contributed by atoms with van der Waals surface area (Å²) < 4.78 is 0. The monoisotopic (exact) mass is 291 g/mol. The van der Waals surface area contributed by atoms with Crippen LogP contribution in [0, 0.1) is 10.1 Å². The molecule has 2 rings (SSSR count). The Morgan fingerprint density at radius 1 is 1.29 bits per heavy atom. The Hall–Kier alpha value is -2.28. The molecular formula is C14H17N3O4. The molecule has 1 aliphatic heterocycles. The zero-order valence-corrected chi connectivity index (χ0v) is 12.0. The van der Waals surface area contributed by atoms with Crippen LogP contribution in [0.5, 0.6) is 0 Å². The van der Waals surface area contributed by atoms with Gasteiger partial charge in [-0.25, -0.2) is 4.90 Å². The van der Waals surface area contributed by atoms with Crippen LogP contribution in [0.2, 0.25) is 0 Å². The summed E-state index contributed by atoms with van der Waals surface area (Å²) in [5.74, 6) is -0.788. The second-order valence-electron chi connectivity index (χ2n) is 4.75. The first kappa shape index (κ1) is 15.1. The molecule has 1 heterocycles. The van der Waals surface area contributed by atoms with Gasteiger partial charge < -0.3 is 0 Å². The van der Waals surface area contributed by atoms with Crippen LogP contribution >= 0.6 is 0 Å². The summed E-state index contributed by atoms with van der Waals surface area (Å²) in [5.41, 5.74) is -0.188. The van der Waals surface area contributed by atoms with Crippen LogP contribution in [0.4, 0.5) is 11.4 Å². The molecule has 1 aromatic carbocycles. The van der Waals surface area contributed by atoms with Crippen molar-refractivity contribution < 1.29 is 14.5 Å². The first-order chi connectivity index (χ1) is 10.0. The molecule has 0 spiro atoms. The summed E-state index contributed by atoms with van der Waals surface area (Å²) >= 11 is 0. The summed E-state index contributed by atoms with van der Waals surface area (Å²) in [4.78, 5) is 38.0. The number of nitro groups is 1. The number of rotatable bonds is 5. The zero-order chi connectivity index (χ0) is 15.6. The maximum absolute atomic E-state index is 12.5. The summed E-state index contributed by atoms with van der Waals surface area (Å²) in [6.07, 6.45) is 0.0621. The number of hydrogen-bond donors (Lipinski definition) is 0. The molecule has 0 saturated carbocycles. The molecule has 21 heavy (non-hydrogen) atoms. The number of carbonyl (C=O) groups excluding carboxylic acids is 2. The van der Waals surface area contributed by atoms with Gasteiger partial charge in [0.05, 0.1) is 17.4 Å². The van der Waals surface area contributed by atoms with Gasteiger partial charge in [-0.3, -0.25) is 24.6 Å². The summed E-state index contributed by atoms with van der Waals surface area (Å²) in [6, 6.07) is 5.27. The number of imide groups is 1. The summed E-state index contributed by atoms with van der Waals surface area (Å²) in [7, 11) is 0. The highest BCUT2D eigenvalue weighted by Gasteiger charge is 2.43. The fourth-order valence-corrected chi connectivity index (χ4v) is 2.63. The molecule has 1 aliphatic rings. The predicted octanol–water partition coefficient (Wildman–Crippen LogP) is 1.57. The standard InChI is InChI=1S/C14H17N3O4/c1-3-15(4-2)12-9-13(18)16(14(12)19)10-7-5-6-8-11(10)17(20)21/h5-8,12H,3-4,9H2,1-2H3/t12-/m1/s1. The van der Waals surface area contributed by atoms with Gasteiger partial charge in [-0.1, -0.05) is 26.0 Å². The van der Waals surface area contributed by atoms with Crippen molar-refractivity contribution in [1.29, 1.82) is 0 Å². The SMILES string of the molecule is CCN(CC)[C@@H]1CC(=O)N(c2ccccc2[N+](=O)[O-])C1=O. The van der Waals surface area contributed by atoms with Crippen LogP contribution in [0.1, 0.15) is 20.3 Å². The molecule has 7 heteroatoms. The number of likely N-dealkylation sites (N-methyl/N-ethyl adjacent to an activating group) is 1. The number of nitro benzene ring substituents is 1. The minimum atomic E-state index is -0.583. The highest BCUT2D eigenvalue weighted by molar-refractivity contribution is 6.23. The van der Waals surface area contributed by atoms with Gasteiger partial charge in [0.25, 0.3) is 11.6 Å². The number of para-hydroxylation sites is 2. The molecule has 0 N–H and O–H groups in total. The molecule has 1 saturated heterocycles. The normalized spacial score (nSPS) is 18.6. The van der Waals surface area contributed by atoms with Crippen LogP contribution in [0.3, 0.4) is 0 Å². The van der Waals surface area contributed by atoms with E-state index in [1.165, 1.54) is 18.2 Å². The number of amides is 2. The van der Waals surface area contributed by atoms with E-state index in [0.717, 1.165) is 4.90 Å². The Morgan fingerprint density at radius 2 is 1.90 bits per heavy atom. The highest BCUT2D eigenvalue weighted by Crippen LogP contribution is 2.32. The third-order valence-corrected chi connectivity index (χ3v) is 3.70. The van der Waals surface area contributed by atoms with Gasteiger partial charge in [-0.15, -0.1) is 0 Å². The highest BCUT2D eigenvalue weighted by atomic mass is 16.6. The number of benzene rings is 1. The van der Waals surface area contributed by atoms with Crippen LogP contribution in [0.15, 0.2) is 24.3 Å². The Labute approximate surface area is 122 Å². The number of carbonyl (C=O) groups is 2. The topological polar surface area (TPSA) is 83.8 Å². The number of hydrogen-bond acceptors (Lipinski definition) is 5. The van der Waals surface area contributed by atoms with E-state index < -0.39 is 22.8 Å². The lowest BCUT2D eigenvalue weighted by Gasteiger charge is -2.24. The van der Waals surface area contributed by atoms with Crippen LogP contribution in [-0.4, -0.2) is 40.8 Å². The van der Waals surface area contributed by atoms with Crippen molar-refractivity contribution in [2.24, 2.45) is 0 Å². The molecule has 7 nitrogen and oxygen atoms in total. The lowest BCUT2D eigenvalue weighted by Crippen LogP contribution is -2.42. The van der Waals surface area contributed by atoms with Gasteiger partial charge in [0.1, 0.15) is 5.69 Å². The second-order valence-corrected chi connectivity index (χ2v) is 4.75. The van der Waals surface area contributed by atoms with E-state index in [4.69, 9.17) is 0 Å². The van der Waals surface area contributed by atoms with Crippen molar-refractivity contribution in [1.82, 2.24) is 4.90 Å². The smallest absolute Gasteiger partial charge is 0.292 e. The van der Waals surface area contributed by atoms with Gasteiger partial charge >= 0.3 is 0 Å². The molecule has 0 aromatic heterocycles. The van der Waals surface area contributed by atoms with E-state index in [0.29, 0.717) is 13.1 Å². The Balaban J connectivity index is 2.40. The van der Waals surface area contributed by atoms with E-state index in [1.807, 2.05) is 18.7 Å². The van der Waals surface area contributed by atoms with Gasteiger partial charge in [0, 0.05) is 6.07 Å². The fraction of sp³-hybridized carbons (Fsp3) is 0.429. The minimum Gasteiger partial charge on any atom is -0.292 e. The molecule has 1 aromatic rings. The van der Waals surface area contributed by atoms with Gasteiger partial charge in [0.15, 0.2) is 0 Å². The van der Waals surface area contributed by atoms with Crippen molar-refractivity contribution in [2.75, 3.05) is 18.0 Å². The largest absolute Gasteiger partial charge is 0.293 e. The summed E-state index contributed by atoms with van der Waals surface area (Å²) in [5, 5.41) is 11.1. The average molecular weight is 291 g/mol. The first-order valence-corrected chi connectivity index (χ1v) is 6.85. The average Bonchev–Trinajstić information content (AvgIpc) is 2.75. The Bertz CT molecular complexity index is 583. The van der Waals surface area contributed by atoms with Crippen molar-refractivity contribution >= 4 is 23.2 Å². The van der Waals surface area contributed by atoms with Gasteiger partial charge in [-0.2, -0.15) is 0 Å². The van der Waals surface area contributed by atoms with E-state index in [1.54, 1.807) is 6.07 Å². The molecule has 2 amide bonds. The van der Waals surface area contributed by atoms with E-state index in [9.17, 15) is 19.7 Å². The van der Waals surface area contributed by atoms with Crippen LogP contribution in [0.25, 0.3) is 0 Å². The Kier molecular flexibility index (Phi) is 4.32. The molecule has 0 aliphatic carbocycles.